The molecule has 4 nitrogen and oxygen atoms in total. The van der Waals surface area contributed by atoms with Gasteiger partial charge in [-0.1, -0.05) is 12.1 Å². The fourth-order valence-corrected chi connectivity index (χ4v) is 2.80. The SMILES string of the molecule is Cc1ccc2c(N)c(C(=O)NCCN)sc2c1. The van der Waals surface area contributed by atoms with Crippen molar-refractivity contribution in [3.63, 3.8) is 0 Å². The summed E-state index contributed by atoms with van der Waals surface area (Å²) in [5.74, 6) is -0.146. The van der Waals surface area contributed by atoms with E-state index in [-0.39, 0.29) is 5.91 Å². The van der Waals surface area contributed by atoms with Gasteiger partial charge in [0.1, 0.15) is 4.88 Å². The average molecular weight is 249 g/mol. The molecule has 0 saturated heterocycles. The molecule has 0 aliphatic carbocycles. The summed E-state index contributed by atoms with van der Waals surface area (Å²) in [6.45, 7) is 2.91. The molecule has 17 heavy (non-hydrogen) atoms. The van der Waals surface area contributed by atoms with Crippen LogP contribution in [0.15, 0.2) is 18.2 Å². The van der Waals surface area contributed by atoms with Crippen molar-refractivity contribution in [2.75, 3.05) is 18.8 Å². The molecule has 1 aromatic carbocycles. The van der Waals surface area contributed by atoms with Crippen LogP contribution < -0.4 is 16.8 Å². The van der Waals surface area contributed by atoms with Crippen molar-refractivity contribution in [3.05, 3.63) is 28.6 Å². The smallest absolute Gasteiger partial charge is 0.263 e. The first-order valence-corrected chi connectivity index (χ1v) is 6.22. The van der Waals surface area contributed by atoms with Crippen LogP contribution in [0.4, 0.5) is 5.69 Å². The number of nitrogen functional groups attached to an aromatic ring is 1. The molecule has 5 heteroatoms. The third-order valence-electron chi connectivity index (χ3n) is 2.52. The molecule has 0 bridgehead atoms. The number of hydrogen-bond donors (Lipinski definition) is 3. The second-order valence-electron chi connectivity index (χ2n) is 3.89. The third-order valence-corrected chi connectivity index (χ3v) is 3.69. The zero-order chi connectivity index (χ0) is 12.4. The molecule has 1 amide bonds. The van der Waals surface area contributed by atoms with Gasteiger partial charge in [-0.25, -0.2) is 0 Å². The Kier molecular flexibility index (Phi) is 3.31. The summed E-state index contributed by atoms with van der Waals surface area (Å²) in [6, 6.07) is 5.99. The quantitative estimate of drug-likeness (QED) is 0.770. The molecule has 0 spiro atoms. The third kappa shape index (κ3) is 2.25. The Morgan fingerprint density at radius 2 is 2.24 bits per heavy atom. The van der Waals surface area contributed by atoms with E-state index in [0.29, 0.717) is 23.7 Å². The summed E-state index contributed by atoms with van der Waals surface area (Å²) in [5, 5.41) is 3.67. The molecule has 5 N–H and O–H groups in total. The van der Waals surface area contributed by atoms with E-state index in [4.69, 9.17) is 11.5 Å². The maximum atomic E-state index is 11.8. The van der Waals surface area contributed by atoms with Crippen LogP contribution in [0.5, 0.6) is 0 Å². The van der Waals surface area contributed by atoms with E-state index in [1.165, 1.54) is 11.3 Å². The summed E-state index contributed by atoms with van der Waals surface area (Å²) in [6.07, 6.45) is 0. The van der Waals surface area contributed by atoms with Crippen molar-refractivity contribution in [1.29, 1.82) is 0 Å². The fraction of sp³-hybridized carbons (Fsp3) is 0.250. The van der Waals surface area contributed by atoms with Gasteiger partial charge in [-0.15, -0.1) is 11.3 Å². The molecule has 90 valence electrons. The Bertz CT molecular complexity index is 562. The van der Waals surface area contributed by atoms with E-state index >= 15 is 0 Å². The minimum Gasteiger partial charge on any atom is -0.397 e. The van der Waals surface area contributed by atoms with Gasteiger partial charge in [-0.05, 0) is 18.6 Å². The molecular formula is C12H15N3OS. The Morgan fingerprint density at radius 3 is 2.94 bits per heavy atom. The Balaban J connectivity index is 2.41. The van der Waals surface area contributed by atoms with Gasteiger partial charge in [-0.2, -0.15) is 0 Å². The lowest BCUT2D eigenvalue weighted by Gasteiger charge is -2.01. The number of hydrogen-bond acceptors (Lipinski definition) is 4. The lowest BCUT2D eigenvalue weighted by atomic mass is 10.1. The number of aryl methyl sites for hydroxylation is 1. The van der Waals surface area contributed by atoms with Gasteiger partial charge in [0.15, 0.2) is 0 Å². The summed E-state index contributed by atoms with van der Waals surface area (Å²) in [4.78, 5) is 12.4. The van der Waals surface area contributed by atoms with Crippen LogP contribution >= 0.6 is 11.3 Å². The standard InChI is InChI=1S/C12H15N3OS/c1-7-2-3-8-9(6-7)17-11(10(8)14)12(16)15-5-4-13/h2-3,6H,4-5,13-14H2,1H3,(H,15,16). The topological polar surface area (TPSA) is 81.1 Å². The monoisotopic (exact) mass is 249 g/mol. The number of carbonyl (C=O) groups excluding carboxylic acids is 1. The number of anilines is 1. The van der Waals surface area contributed by atoms with Gasteiger partial charge in [-0.3, -0.25) is 4.79 Å². The van der Waals surface area contributed by atoms with Crippen molar-refractivity contribution in [3.8, 4) is 0 Å². The van der Waals surface area contributed by atoms with Crippen LogP contribution in [-0.2, 0) is 0 Å². The van der Waals surface area contributed by atoms with Gasteiger partial charge < -0.3 is 16.8 Å². The van der Waals surface area contributed by atoms with Gasteiger partial charge in [0.25, 0.3) is 5.91 Å². The Morgan fingerprint density at radius 1 is 1.47 bits per heavy atom. The van der Waals surface area contributed by atoms with Crippen molar-refractivity contribution in [2.24, 2.45) is 5.73 Å². The number of nitrogens with two attached hydrogens (primary N) is 2. The molecule has 0 fully saturated rings. The normalized spacial score (nSPS) is 10.7. The first-order chi connectivity index (χ1) is 8.13. The van der Waals surface area contributed by atoms with Gasteiger partial charge in [0.05, 0.1) is 5.69 Å². The number of rotatable bonds is 3. The molecule has 0 saturated carbocycles. The number of carbonyl (C=O) groups is 1. The van der Waals surface area contributed by atoms with Gasteiger partial charge in [0.2, 0.25) is 0 Å². The first-order valence-electron chi connectivity index (χ1n) is 5.40. The molecule has 1 aromatic heterocycles. The maximum Gasteiger partial charge on any atom is 0.263 e. The van der Waals surface area contributed by atoms with Crippen LogP contribution in [0.1, 0.15) is 15.2 Å². The number of nitrogens with one attached hydrogen (secondary N) is 1. The van der Waals surface area contributed by atoms with Crippen molar-refractivity contribution in [1.82, 2.24) is 5.32 Å². The van der Waals surface area contributed by atoms with Gasteiger partial charge in [0, 0.05) is 23.2 Å². The molecule has 1 heterocycles. The number of fused-ring (bicyclic) bond motifs is 1. The van der Waals surface area contributed by atoms with Crippen LogP contribution in [-0.4, -0.2) is 19.0 Å². The van der Waals surface area contributed by atoms with Crippen molar-refractivity contribution < 1.29 is 4.79 Å². The highest BCUT2D eigenvalue weighted by atomic mass is 32.1. The van der Waals surface area contributed by atoms with E-state index in [1.807, 2.05) is 25.1 Å². The summed E-state index contributed by atoms with van der Waals surface area (Å²) in [7, 11) is 0. The molecule has 0 radical (unpaired) electrons. The second kappa shape index (κ2) is 4.73. The molecule has 2 aromatic rings. The molecule has 0 unspecified atom stereocenters. The Hall–Kier alpha value is -1.59. The van der Waals surface area contributed by atoms with E-state index < -0.39 is 0 Å². The summed E-state index contributed by atoms with van der Waals surface area (Å²) < 4.78 is 1.04. The molecule has 0 aliphatic heterocycles. The summed E-state index contributed by atoms with van der Waals surface area (Å²) >= 11 is 1.42. The maximum absolute atomic E-state index is 11.8. The minimum absolute atomic E-state index is 0.146. The highest BCUT2D eigenvalue weighted by Crippen LogP contribution is 2.33. The number of benzene rings is 1. The van der Waals surface area contributed by atoms with E-state index in [2.05, 4.69) is 5.32 Å². The van der Waals surface area contributed by atoms with Crippen molar-refractivity contribution >= 4 is 33.0 Å². The zero-order valence-electron chi connectivity index (χ0n) is 9.62. The minimum atomic E-state index is -0.146. The van der Waals surface area contributed by atoms with Crippen LogP contribution in [0, 0.1) is 6.92 Å². The van der Waals surface area contributed by atoms with E-state index in [9.17, 15) is 4.79 Å². The van der Waals surface area contributed by atoms with Gasteiger partial charge >= 0.3 is 0 Å². The largest absolute Gasteiger partial charge is 0.397 e. The van der Waals surface area contributed by atoms with Crippen LogP contribution in [0.2, 0.25) is 0 Å². The van der Waals surface area contributed by atoms with E-state index in [1.54, 1.807) is 0 Å². The zero-order valence-corrected chi connectivity index (χ0v) is 10.4. The lowest BCUT2D eigenvalue weighted by molar-refractivity contribution is 0.0959. The lowest BCUT2D eigenvalue weighted by Crippen LogP contribution is -2.28. The summed E-state index contributed by atoms with van der Waals surface area (Å²) in [5.41, 5.74) is 13.0. The van der Waals surface area contributed by atoms with E-state index in [0.717, 1.165) is 15.6 Å². The Labute approximate surface area is 104 Å². The average Bonchev–Trinajstić information content (AvgIpc) is 2.63. The first kappa shape index (κ1) is 11.9. The number of amides is 1. The molecule has 0 atom stereocenters. The predicted octanol–water partition coefficient (Wildman–Crippen LogP) is 1.48. The van der Waals surface area contributed by atoms with Crippen molar-refractivity contribution in [2.45, 2.75) is 6.92 Å². The fourth-order valence-electron chi connectivity index (χ4n) is 1.66. The van der Waals surface area contributed by atoms with Crippen LogP contribution in [0.3, 0.4) is 0 Å². The highest BCUT2D eigenvalue weighted by molar-refractivity contribution is 7.21. The molecule has 2 rings (SSSR count). The predicted molar refractivity (Wildman–Crippen MR) is 72.4 cm³/mol. The second-order valence-corrected chi connectivity index (χ2v) is 4.94. The molecule has 0 aliphatic rings. The highest BCUT2D eigenvalue weighted by Gasteiger charge is 2.15. The van der Waals surface area contributed by atoms with Crippen LogP contribution in [0.25, 0.3) is 10.1 Å². The number of thiophene rings is 1. The molecular weight excluding hydrogens is 234 g/mol.